The van der Waals surface area contributed by atoms with E-state index in [0.717, 1.165) is 23.7 Å². The second-order valence-electron chi connectivity index (χ2n) is 5.25. The molecule has 0 bridgehead atoms. The Kier molecular flexibility index (Phi) is 3.77. The average Bonchev–Trinajstić information content (AvgIpc) is 2.67. The van der Waals surface area contributed by atoms with Crippen LogP contribution in [0.25, 0.3) is 0 Å². The van der Waals surface area contributed by atoms with Crippen molar-refractivity contribution < 1.29 is 0 Å². The van der Waals surface area contributed by atoms with Gasteiger partial charge in [-0.15, -0.1) is 11.3 Å². The van der Waals surface area contributed by atoms with Crippen molar-refractivity contribution in [2.24, 2.45) is 5.41 Å². The Balaban J connectivity index is 2.07. The predicted octanol–water partition coefficient (Wildman–Crippen LogP) is 3.92. The highest BCUT2D eigenvalue weighted by molar-refractivity contribution is 7.16. The van der Waals surface area contributed by atoms with E-state index in [2.05, 4.69) is 17.5 Å². The van der Waals surface area contributed by atoms with Crippen LogP contribution < -0.4 is 5.32 Å². The third-order valence-corrected chi connectivity index (χ3v) is 4.52. The van der Waals surface area contributed by atoms with Crippen molar-refractivity contribution in [2.45, 2.75) is 39.2 Å². The van der Waals surface area contributed by atoms with E-state index < -0.39 is 0 Å². The van der Waals surface area contributed by atoms with Crippen molar-refractivity contribution in [3.8, 4) is 6.07 Å². The average molecular weight is 269 g/mol. The highest BCUT2D eigenvalue weighted by Gasteiger charge is 2.25. The summed E-state index contributed by atoms with van der Waals surface area (Å²) in [7, 11) is 0. The zero-order chi connectivity index (χ0) is 12.5. The highest BCUT2D eigenvalue weighted by Crippen LogP contribution is 2.38. The smallest absolute Gasteiger partial charge is 0.0934 e. The van der Waals surface area contributed by atoms with Gasteiger partial charge in [-0.1, -0.05) is 11.6 Å². The minimum Gasteiger partial charge on any atom is -0.308 e. The van der Waals surface area contributed by atoms with Crippen molar-refractivity contribution in [1.82, 2.24) is 5.32 Å². The molecule has 1 aliphatic rings. The number of hydrogen-bond donors (Lipinski definition) is 1. The topological polar surface area (TPSA) is 35.8 Å². The number of rotatable bonds is 3. The lowest BCUT2D eigenvalue weighted by molar-refractivity contribution is 0.380. The number of fused-ring (bicyclic) bond motifs is 1. The van der Waals surface area contributed by atoms with Crippen LogP contribution in [0, 0.1) is 16.7 Å². The normalized spacial score (nSPS) is 19.8. The van der Waals surface area contributed by atoms with Crippen LogP contribution in [0.4, 0.5) is 0 Å². The molecule has 1 heterocycles. The maximum atomic E-state index is 9.01. The van der Waals surface area contributed by atoms with Crippen LogP contribution in [-0.2, 0) is 6.42 Å². The molecule has 0 radical (unpaired) electrons. The Labute approximate surface area is 112 Å². The summed E-state index contributed by atoms with van der Waals surface area (Å²) in [6.45, 7) is 4.65. The molecule has 1 aromatic heterocycles. The summed E-state index contributed by atoms with van der Waals surface area (Å²) in [5, 5.41) is 12.5. The number of nitrogens with zero attached hydrogens (tertiary/aromatic N) is 1. The van der Waals surface area contributed by atoms with Crippen LogP contribution in [0.2, 0.25) is 4.34 Å². The number of aryl methyl sites for hydroxylation is 1. The first kappa shape index (κ1) is 12.9. The number of nitrogens with one attached hydrogen (secondary N) is 1. The number of halogens is 1. The Morgan fingerprint density at radius 2 is 2.41 bits per heavy atom. The number of nitriles is 1. The molecule has 1 atom stereocenters. The molecular formula is C13H17ClN2S. The molecular weight excluding hydrogens is 252 g/mol. The fourth-order valence-corrected chi connectivity index (χ4v) is 3.53. The third kappa shape index (κ3) is 3.01. The number of thiophene rings is 1. The van der Waals surface area contributed by atoms with Gasteiger partial charge in [-0.05, 0) is 44.7 Å². The van der Waals surface area contributed by atoms with Crippen molar-refractivity contribution in [3.63, 3.8) is 0 Å². The Hall–Kier alpha value is -0.560. The molecule has 0 spiro atoms. The van der Waals surface area contributed by atoms with Crippen molar-refractivity contribution in [2.75, 3.05) is 6.54 Å². The molecule has 0 saturated carbocycles. The lowest BCUT2D eigenvalue weighted by Crippen LogP contribution is -2.32. The van der Waals surface area contributed by atoms with Gasteiger partial charge >= 0.3 is 0 Å². The minimum atomic E-state index is -0.308. The van der Waals surface area contributed by atoms with E-state index in [1.807, 2.05) is 13.8 Å². The molecule has 0 aromatic carbocycles. The standard InChI is InChI=1S/C13H17ClN2S/c1-13(2,7-15)8-16-10-4-3-5-11-9(10)6-12(14)17-11/h6,10,16H,3-5,8H2,1-2H3. The summed E-state index contributed by atoms with van der Waals surface area (Å²) >= 11 is 7.77. The molecule has 2 nitrogen and oxygen atoms in total. The molecule has 92 valence electrons. The van der Waals surface area contributed by atoms with Crippen LogP contribution >= 0.6 is 22.9 Å². The fourth-order valence-electron chi connectivity index (χ4n) is 2.15. The van der Waals surface area contributed by atoms with Gasteiger partial charge in [0.1, 0.15) is 0 Å². The van der Waals surface area contributed by atoms with Crippen LogP contribution in [0.3, 0.4) is 0 Å². The zero-order valence-corrected chi connectivity index (χ0v) is 11.8. The largest absolute Gasteiger partial charge is 0.308 e. The van der Waals surface area contributed by atoms with Gasteiger partial charge in [0.25, 0.3) is 0 Å². The predicted molar refractivity (Wildman–Crippen MR) is 72.4 cm³/mol. The van der Waals surface area contributed by atoms with E-state index in [0.29, 0.717) is 6.04 Å². The summed E-state index contributed by atoms with van der Waals surface area (Å²) in [6.07, 6.45) is 3.49. The van der Waals surface area contributed by atoms with Crippen molar-refractivity contribution >= 4 is 22.9 Å². The monoisotopic (exact) mass is 268 g/mol. The van der Waals surface area contributed by atoms with E-state index in [-0.39, 0.29) is 5.41 Å². The maximum Gasteiger partial charge on any atom is 0.0934 e. The molecule has 1 unspecified atom stereocenters. The van der Waals surface area contributed by atoms with Crippen LogP contribution in [0.5, 0.6) is 0 Å². The SMILES string of the molecule is CC(C)(C#N)CNC1CCCc2sc(Cl)cc21. The summed E-state index contributed by atoms with van der Waals surface area (Å²) in [6, 6.07) is 4.78. The molecule has 17 heavy (non-hydrogen) atoms. The van der Waals surface area contributed by atoms with E-state index in [1.165, 1.54) is 16.9 Å². The van der Waals surface area contributed by atoms with E-state index in [9.17, 15) is 0 Å². The van der Waals surface area contributed by atoms with Gasteiger partial charge in [0.15, 0.2) is 0 Å². The highest BCUT2D eigenvalue weighted by atomic mass is 35.5. The summed E-state index contributed by atoms with van der Waals surface area (Å²) in [5.74, 6) is 0. The first-order valence-corrected chi connectivity index (χ1v) is 7.14. The fraction of sp³-hybridized carbons (Fsp3) is 0.615. The van der Waals surface area contributed by atoms with Gasteiger partial charge in [0.05, 0.1) is 15.8 Å². The maximum absolute atomic E-state index is 9.01. The Bertz CT molecular complexity index is 445. The van der Waals surface area contributed by atoms with Gasteiger partial charge in [-0.3, -0.25) is 0 Å². The van der Waals surface area contributed by atoms with Gasteiger partial charge < -0.3 is 5.32 Å². The molecule has 1 N–H and O–H groups in total. The van der Waals surface area contributed by atoms with Crippen molar-refractivity contribution in [3.05, 3.63) is 20.8 Å². The van der Waals surface area contributed by atoms with Crippen LogP contribution in [-0.4, -0.2) is 6.54 Å². The van der Waals surface area contributed by atoms with E-state index in [1.54, 1.807) is 11.3 Å². The molecule has 0 fully saturated rings. The first-order valence-electron chi connectivity index (χ1n) is 5.94. The van der Waals surface area contributed by atoms with Gasteiger partial charge in [0, 0.05) is 17.5 Å². The summed E-state index contributed by atoms with van der Waals surface area (Å²) < 4.78 is 0.878. The van der Waals surface area contributed by atoms with Gasteiger partial charge in [-0.2, -0.15) is 5.26 Å². The summed E-state index contributed by atoms with van der Waals surface area (Å²) in [4.78, 5) is 1.41. The zero-order valence-electron chi connectivity index (χ0n) is 10.2. The molecule has 1 aromatic rings. The quantitative estimate of drug-likeness (QED) is 0.902. The molecule has 4 heteroatoms. The molecule has 0 aliphatic heterocycles. The molecule has 1 aliphatic carbocycles. The Morgan fingerprint density at radius 3 is 3.12 bits per heavy atom. The first-order chi connectivity index (χ1) is 8.02. The second-order valence-corrected chi connectivity index (χ2v) is 7.02. The van der Waals surface area contributed by atoms with E-state index >= 15 is 0 Å². The lowest BCUT2D eigenvalue weighted by atomic mass is 9.91. The van der Waals surface area contributed by atoms with Gasteiger partial charge in [-0.25, -0.2) is 0 Å². The molecule has 0 amide bonds. The molecule has 2 rings (SSSR count). The van der Waals surface area contributed by atoms with Crippen LogP contribution in [0.1, 0.15) is 43.2 Å². The van der Waals surface area contributed by atoms with Crippen LogP contribution in [0.15, 0.2) is 6.07 Å². The van der Waals surface area contributed by atoms with Gasteiger partial charge in [0.2, 0.25) is 0 Å². The summed E-state index contributed by atoms with van der Waals surface area (Å²) in [5.41, 5.74) is 1.04. The lowest BCUT2D eigenvalue weighted by Gasteiger charge is -2.26. The third-order valence-electron chi connectivity index (χ3n) is 3.18. The van der Waals surface area contributed by atoms with Crippen molar-refractivity contribution in [1.29, 1.82) is 5.26 Å². The molecule has 0 saturated heterocycles. The van der Waals surface area contributed by atoms with E-state index in [4.69, 9.17) is 16.9 Å². The minimum absolute atomic E-state index is 0.308. The second kappa shape index (κ2) is 4.97. The Morgan fingerprint density at radius 1 is 1.65 bits per heavy atom. The number of hydrogen-bond acceptors (Lipinski definition) is 3.